The molecule has 2 aromatic carbocycles. The SMILES string of the molecule is COc1ccc(CCCC(=O)NCc2nc(-c3ccc(F)cc3)no2)cc1OC. The van der Waals surface area contributed by atoms with Crippen LogP contribution in [0.1, 0.15) is 24.3 Å². The van der Waals surface area contributed by atoms with E-state index in [0.29, 0.717) is 35.7 Å². The summed E-state index contributed by atoms with van der Waals surface area (Å²) in [4.78, 5) is 16.3. The number of nitrogens with zero attached hydrogens (tertiary/aromatic N) is 2. The van der Waals surface area contributed by atoms with Crippen molar-refractivity contribution in [2.75, 3.05) is 14.2 Å². The van der Waals surface area contributed by atoms with Crippen molar-refractivity contribution in [1.82, 2.24) is 15.5 Å². The molecule has 0 aliphatic rings. The first-order valence-corrected chi connectivity index (χ1v) is 9.15. The molecule has 1 heterocycles. The highest BCUT2D eigenvalue weighted by Gasteiger charge is 2.10. The number of hydrogen-bond acceptors (Lipinski definition) is 6. The molecule has 0 bridgehead atoms. The first-order chi connectivity index (χ1) is 14.1. The van der Waals surface area contributed by atoms with Crippen LogP contribution >= 0.6 is 0 Å². The van der Waals surface area contributed by atoms with Gasteiger partial charge in [-0.3, -0.25) is 4.79 Å². The lowest BCUT2D eigenvalue weighted by atomic mass is 10.1. The van der Waals surface area contributed by atoms with E-state index in [9.17, 15) is 9.18 Å². The van der Waals surface area contributed by atoms with Crippen LogP contribution in [0, 0.1) is 5.82 Å². The number of hydrogen-bond donors (Lipinski definition) is 1. The molecule has 0 spiro atoms. The summed E-state index contributed by atoms with van der Waals surface area (Å²) in [7, 11) is 3.18. The molecule has 0 aliphatic heterocycles. The number of benzene rings is 2. The lowest BCUT2D eigenvalue weighted by Gasteiger charge is -2.09. The second-order valence-electron chi connectivity index (χ2n) is 6.34. The topological polar surface area (TPSA) is 86.5 Å². The third-order valence-corrected chi connectivity index (χ3v) is 4.32. The van der Waals surface area contributed by atoms with Crippen molar-refractivity contribution in [2.45, 2.75) is 25.8 Å². The number of aromatic nitrogens is 2. The number of aryl methyl sites for hydroxylation is 1. The maximum absolute atomic E-state index is 13.0. The number of carbonyl (C=O) groups is 1. The van der Waals surface area contributed by atoms with Gasteiger partial charge in [0.25, 0.3) is 0 Å². The second kappa shape index (κ2) is 9.68. The Labute approximate surface area is 167 Å². The van der Waals surface area contributed by atoms with Gasteiger partial charge in [-0.1, -0.05) is 11.2 Å². The van der Waals surface area contributed by atoms with E-state index in [1.165, 1.54) is 12.1 Å². The van der Waals surface area contributed by atoms with Crippen molar-refractivity contribution in [3.8, 4) is 22.9 Å². The van der Waals surface area contributed by atoms with Crippen LogP contribution in [0.25, 0.3) is 11.4 Å². The molecule has 29 heavy (non-hydrogen) atoms. The molecule has 0 fully saturated rings. The second-order valence-corrected chi connectivity index (χ2v) is 6.34. The monoisotopic (exact) mass is 399 g/mol. The summed E-state index contributed by atoms with van der Waals surface area (Å²) < 4.78 is 28.6. The first kappa shape index (κ1) is 20.3. The van der Waals surface area contributed by atoms with Gasteiger partial charge in [0.2, 0.25) is 17.6 Å². The molecular formula is C21H22FN3O4. The quantitative estimate of drug-likeness (QED) is 0.592. The fraction of sp³-hybridized carbons (Fsp3) is 0.286. The summed E-state index contributed by atoms with van der Waals surface area (Å²) in [6.45, 7) is 0.142. The van der Waals surface area contributed by atoms with E-state index in [-0.39, 0.29) is 24.2 Å². The highest BCUT2D eigenvalue weighted by atomic mass is 19.1. The first-order valence-electron chi connectivity index (χ1n) is 9.15. The third kappa shape index (κ3) is 5.54. The van der Waals surface area contributed by atoms with E-state index < -0.39 is 0 Å². The molecule has 8 heteroatoms. The van der Waals surface area contributed by atoms with E-state index >= 15 is 0 Å². The third-order valence-electron chi connectivity index (χ3n) is 4.32. The smallest absolute Gasteiger partial charge is 0.246 e. The molecule has 0 saturated carbocycles. The van der Waals surface area contributed by atoms with Crippen LogP contribution in [0.15, 0.2) is 47.0 Å². The largest absolute Gasteiger partial charge is 0.493 e. The molecule has 7 nitrogen and oxygen atoms in total. The van der Waals surface area contributed by atoms with Crippen molar-refractivity contribution in [3.63, 3.8) is 0 Å². The minimum Gasteiger partial charge on any atom is -0.493 e. The molecular weight excluding hydrogens is 377 g/mol. The van der Waals surface area contributed by atoms with Crippen molar-refractivity contribution in [1.29, 1.82) is 0 Å². The van der Waals surface area contributed by atoms with Gasteiger partial charge in [0.1, 0.15) is 5.82 Å². The number of amides is 1. The number of carbonyl (C=O) groups excluding carboxylic acids is 1. The minimum atomic E-state index is -0.335. The summed E-state index contributed by atoms with van der Waals surface area (Å²) >= 11 is 0. The molecule has 152 valence electrons. The van der Waals surface area contributed by atoms with Crippen LogP contribution in [-0.2, 0) is 17.8 Å². The summed E-state index contributed by atoms with van der Waals surface area (Å²) in [6, 6.07) is 11.5. The van der Waals surface area contributed by atoms with Crippen molar-refractivity contribution >= 4 is 5.91 Å². The van der Waals surface area contributed by atoms with Gasteiger partial charge < -0.3 is 19.3 Å². The van der Waals surface area contributed by atoms with Gasteiger partial charge in [-0.15, -0.1) is 0 Å². The Morgan fingerprint density at radius 2 is 1.86 bits per heavy atom. The molecule has 3 aromatic rings. The highest BCUT2D eigenvalue weighted by Crippen LogP contribution is 2.28. The fourth-order valence-electron chi connectivity index (χ4n) is 2.79. The van der Waals surface area contributed by atoms with Gasteiger partial charge in [-0.2, -0.15) is 4.98 Å². The Morgan fingerprint density at radius 3 is 2.59 bits per heavy atom. The van der Waals surface area contributed by atoms with Crippen LogP contribution < -0.4 is 14.8 Å². The fourth-order valence-corrected chi connectivity index (χ4v) is 2.79. The number of nitrogens with one attached hydrogen (secondary N) is 1. The summed E-state index contributed by atoms with van der Waals surface area (Å²) in [5.74, 6) is 1.54. The van der Waals surface area contributed by atoms with Crippen molar-refractivity contribution < 1.29 is 23.2 Å². The van der Waals surface area contributed by atoms with E-state index in [2.05, 4.69) is 15.5 Å². The van der Waals surface area contributed by atoms with Crippen LogP contribution in [0.5, 0.6) is 11.5 Å². The number of ether oxygens (including phenoxy) is 2. The van der Waals surface area contributed by atoms with Gasteiger partial charge in [-0.25, -0.2) is 4.39 Å². The normalized spacial score (nSPS) is 10.6. The van der Waals surface area contributed by atoms with Crippen molar-refractivity contribution in [2.24, 2.45) is 0 Å². The van der Waals surface area contributed by atoms with Crippen LogP contribution in [0.4, 0.5) is 4.39 Å². The van der Waals surface area contributed by atoms with Gasteiger partial charge in [0.15, 0.2) is 11.5 Å². The van der Waals surface area contributed by atoms with E-state index in [0.717, 1.165) is 12.0 Å². The zero-order valence-electron chi connectivity index (χ0n) is 16.3. The summed E-state index contributed by atoms with van der Waals surface area (Å²) in [5, 5.41) is 6.60. The zero-order valence-corrected chi connectivity index (χ0v) is 16.3. The number of halogens is 1. The highest BCUT2D eigenvalue weighted by molar-refractivity contribution is 5.75. The maximum atomic E-state index is 13.0. The zero-order chi connectivity index (χ0) is 20.6. The molecule has 3 rings (SSSR count). The van der Waals surface area contributed by atoms with Gasteiger partial charge in [0, 0.05) is 12.0 Å². The molecule has 0 aliphatic carbocycles. The number of methoxy groups -OCH3 is 2. The Bertz CT molecular complexity index is 957. The predicted molar refractivity (Wildman–Crippen MR) is 104 cm³/mol. The molecule has 0 saturated heterocycles. The van der Waals surface area contributed by atoms with Gasteiger partial charge in [-0.05, 0) is 54.8 Å². The Morgan fingerprint density at radius 1 is 1.10 bits per heavy atom. The average molecular weight is 399 g/mol. The Kier molecular flexibility index (Phi) is 6.78. The Hall–Kier alpha value is -3.42. The molecule has 1 N–H and O–H groups in total. The average Bonchev–Trinajstić information content (AvgIpc) is 3.21. The van der Waals surface area contributed by atoms with Crippen LogP contribution in [0.3, 0.4) is 0 Å². The van der Waals surface area contributed by atoms with Gasteiger partial charge >= 0.3 is 0 Å². The van der Waals surface area contributed by atoms with Crippen LogP contribution in [0.2, 0.25) is 0 Å². The molecule has 0 atom stereocenters. The molecule has 0 radical (unpaired) electrons. The standard InChI is InChI=1S/C21H22FN3O4/c1-27-17-11-6-14(12-18(17)28-2)4-3-5-19(26)23-13-20-24-21(25-29-20)15-7-9-16(22)10-8-15/h6-12H,3-5,13H2,1-2H3,(H,23,26). The Balaban J connectivity index is 1.44. The van der Waals surface area contributed by atoms with E-state index in [1.54, 1.807) is 26.4 Å². The van der Waals surface area contributed by atoms with Crippen molar-refractivity contribution in [3.05, 3.63) is 59.7 Å². The molecule has 1 aromatic heterocycles. The summed E-state index contributed by atoms with van der Waals surface area (Å²) in [5.41, 5.74) is 1.71. The molecule has 0 unspecified atom stereocenters. The minimum absolute atomic E-state index is 0.105. The number of rotatable bonds is 9. The van der Waals surface area contributed by atoms with E-state index in [1.807, 2.05) is 18.2 Å². The van der Waals surface area contributed by atoms with Crippen LogP contribution in [-0.4, -0.2) is 30.3 Å². The lowest BCUT2D eigenvalue weighted by molar-refractivity contribution is -0.121. The lowest BCUT2D eigenvalue weighted by Crippen LogP contribution is -2.22. The predicted octanol–water partition coefficient (Wildman–Crippen LogP) is 3.53. The summed E-state index contributed by atoms with van der Waals surface area (Å²) in [6.07, 6.45) is 1.79. The molecule has 1 amide bonds. The maximum Gasteiger partial charge on any atom is 0.246 e. The van der Waals surface area contributed by atoms with E-state index in [4.69, 9.17) is 14.0 Å². The van der Waals surface area contributed by atoms with Gasteiger partial charge in [0.05, 0.1) is 20.8 Å².